The van der Waals surface area contributed by atoms with Crippen molar-refractivity contribution in [1.29, 1.82) is 0 Å². The van der Waals surface area contributed by atoms with E-state index in [0.717, 1.165) is 153 Å². The molecule has 0 radical (unpaired) electrons. The van der Waals surface area contributed by atoms with Gasteiger partial charge in [0.2, 0.25) is 5.78 Å². The molecule has 130 heavy (non-hydrogen) atoms. The maximum Gasteiger partial charge on any atom is 0.488 e. The lowest BCUT2D eigenvalue weighted by Crippen LogP contribution is -2.29. The zero-order valence-corrected chi connectivity index (χ0v) is 77.8. The van der Waals surface area contributed by atoms with Gasteiger partial charge in [0, 0.05) is 51.7 Å². The van der Waals surface area contributed by atoms with Gasteiger partial charge in [0.05, 0.1) is 101 Å². The number of thiophene rings is 1. The third-order valence-corrected chi connectivity index (χ3v) is 27.1. The Hall–Kier alpha value is -13.5. The molecule has 7 aromatic heterocycles. The first-order valence-corrected chi connectivity index (χ1v) is 46.3. The largest absolute Gasteiger partial charge is 0.488 e. The minimum Gasteiger partial charge on any atom is -0.423 e. The van der Waals surface area contributed by atoms with Crippen molar-refractivity contribution in [3.8, 4) is 66.8 Å². The molecule has 0 saturated carbocycles. The summed E-state index contributed by atoms with van der Waals surface area (Å²) in [5.41, 5.74) is 30.4. The summed E-state index contributed by atoms with van der Waals surface area (Å²) in [7, 11) is -1.34. The Bertz CT molecular complexity index is 7670. The van der Waals surface area contributed by atoms with Crippen LogP contribution in [-0.2, 0) is 4.79 Å². The van der Waals surface area contributed by atoms with E-state index in [-0.39, 0.29) is 53.0 Å². The number of Topliss-reactive ketones (excluding diaryl/α,β-unsaturated/α-hetero) is 1. The highest BCUT2D eigenvalue weighted by Crippen LogP contribution is 2.52. The number of fused-ring (bicyclic) bond motifs is 10. The van der Waals surface area contributed by atoms with E-state index in [9.17, 15) is 50.0 Å². The van der Waals surface area contributed by atoms with E-state index in [0.29, 0.717) is 33.5 Å². The summed E-state index contributed by atoms with van der Waals surface area (Å²) in [5, 5.41) is 63.5. The molecule has 42 heteroatoms. The number of carbonyl (C=O) groups is 2. The molecule has 1 aliphatic heterocycles. The Morgan fingerprint density at radius 2 is 0.615 bits per heavy atom. The maximum absolute atomic E-state index is 11.9. The molecule has 0 unspecified atom stereocenters. The number of aromatic nitrogens is 12. The number of benzene rings is 14. The molecule has 638 valence electrons. The van der Waals surface area contributed by atoms with Crippen molar-refractivity contribution in [3.05, 3.63) is 337 Å². The molecule has 0 aliphatic carbocycles. The molecule has 0 saturated heterocycles. The fourth-order valence-corrected chi connectivity index (χ4v) is 21.1. The summed E-state index contributed by atoms with van der Waals surface area (Å²) in [6.07, 6.45) is 0. The molecule has 0 amide bonds. The van der Waals surface area contributed by atoms with E-state index >= 15 is 0 Å². The number of ketones is 1. The summed E-state index contributed by atoms with van der Waals surface area (Å²) in [6.45, 7) is 0. The number of anilines is 2. The van der Waals surface area contributed by atoms with Crippen molar-refractivity contribution in [2.75, 3.05) is 11.5 Å². The Kier molecular flexibility index (Phi) is 27.7. The Morgan fingerprint density at radius 1 is 0.315 bits per heavy atom. The van der Waals surface area contributed by atoms with Gasteiger partial charge >= 0.3 is 29.9 Å². The number of halogens is 4. The minimum absolute atomic E-state index is 0.0406. The molecule has 1 aliphatic rings. The number of nitro groups is 4. The van der Waals surface area contributed by atoms with Crippen molar-refractivity contribution in [1.82, 2.24) is 53.7 Å². The van der Waals surface area contributed by atoms with Crippen LogP contribution in [0.2, 0.25) is 0 Å². The lowest BCUT2D eigenvalue weighted by molar-refractivity contribution is -0.423. The molecular weight excluding hydrogens is 2060 g/mol. The Morgan fingerprint density at radius 3 is 0.977 bits per heavy atom. The van der Waals surface area contributed by atoms with Gasteiger partial charge in [0.25, 0.3) is 5.12 Å². The molecule has 0 fully saturated rings. The molecule has 0 spiro atoms. The van der Waals surface area contributed by atoms with E-state index in [4.69, 9.17) is 40.2 Å². The SMILES string of the molecule is Brc1ccc(Br)c2nsnc12.Nc1c(N)c(-c2ccccc2)c2nsnc2c1-c1ccccc1.O=C1Sc2ccccc2C1=O.O=[N+]([O-])c1c([N+](=O)[O-])c(-c2ccccc2)c2nsnc2c1-c1ccccc1.O=[N+]([O-])c1c([N+](=O)[O-])c(Br)c2nsnc2c1Br.OB(O)c1ccccc1.c1ccc(-c2c3nsnc3c(-c3ccccc3)c3nc4c(nc23)sc2ccccc24)cc1. The summed E-state index contributed by atoms with van der Waals surface area (Å²) in [5.74, 6) is -0.370. The van der Waals surface area contributed by atoms with Gasteiger partial charge in [-0.05, 0) is 145 Å². The van der Waals surface area contributed by atoms with Gasteiger partial charge in [0.15, 0.2) is 0 Å². The van der Waals surface area contributed by atoms with Gasteiger partial charge < -0.3 is 21.5 Å². The molecule has 6 N–H and O–H groups in total. The fraction of sp³-hybridized carbons (Fsp3) is 0. The van der Waals surface area contributed by atoms with E-state index in [1.807, 2.05) is 121 Å². The van der Waals surface area contributed by atoms with Crippen molar-refractivity contribution in [2.45, 2.75) is 4.90 Å². The van der Waals surface area contributed by atoms with Gasteiger partial charge in [-0.2, -0.15) is 43.7 Å². The van der Waals surface area contributed by atoms with E-state index < -0.39 is 49.6 Å². The van der Waals surface area contributed by atoms with Crippen LogP contribution in [0.4, 0.5) is 34.1 Å². The van der Waals surface area contributed by atoms with Gasteiger partial charge in [0.1, 0.15) is 85.5 Å². The maximum atomic E-state index is 11.9. The number of thioether (sulfide) groups is 1. The van der Waals surface area contributed by atoms with Crippen molar-refractivity contribution >= 4 is 290 Å². The summed E-state index contributed by atoms with van der Waals surface area (Å²) in [6, 6.07) is 85.5. The molecule has 0 atom stereocenters. The summed E-state index contributed by atoms with van der Waals surface area (Å²) < 4.78 is 45.9. The predicted octanol–water partition coefficient (Wildman–Crippen LogP) is 23.5. The number of hydrogen-bond donors (Lipinski definition) is 4. The van der Waals surface area contributed by atoms with Gasteiger partial charge in [-0.1, -0.05) is 243 Å². The third kappa shape index (κ3) is 18.4. The van der Waals surface area contributed by atoms with Crippen LogP contribution >= 0.6 is 145 Å². The quantitative estimate of drug-likeness (QED) is 0.0307. The molecule has 14 aromatic carbocycles. The second kappa shape index (κ2) is 40.0. The van der Waals surface area contributed by atoms with Crippen molar-refractivity contribution in [2.24, 2.45) is 0 Å². The molecule has 21 aromatic rings. The molecule has 8 heterocycles. The highest BCUT2D eigenvalue weighted by atomic mass is 79.9. The molecule has 0 bridgehead atoms. The van der Waals surface area contributed by atoms with Crippen LogP contribution in [0, 0.1) is 40.5 Å². The fourth-order valence-electron chi connectivity index (χ4n) is 14.0. The third-order valence-electron chi connectivity index (χ3n) is 19.7. The smallest absolute Gasteiger partial charge is 0.423 e. The van der Waals surface area contributed by atoms with E-state index in [1.165, 1.54) is 39.9 Å². The van der Waals surface area contributed by atoms with Crippen LogP contribution in [-0.4, -0.2) is 101 Å². The van der Waals surface area contributed by atoms with E-state index in [2.05, 4.69) is 147 Å². The van der Waals surface area contributed by atoms with Gasteiger partial charge in [-0.15, -0.1) is 11.3 Å². The summed E-state index contributed by atoms with van der Waals surface area (Å²) >= 11 is 20.7. The highest BCUT2D eigenvalue weighted by Gasteiger charge is 2.40. The number of hydrogen-bond acceptors (Lipinski definition) is 33. The normalized spacial score (nSPS) is 11.3. The second-order valence-electron chi connectivity index (χ2n) is 27.3. The summed E-state index contributed by atoms with van der Waals surface area (Å²) in [4.78, 5) is 76.5. The molecule has 30 nitrogen and oxygen atoms in total. The first kappa shape index (κ1) is 89.9. The number of nitrogens with zero attached hydrogens (tertiary/aromatic N) is 16. The van der Waals surface area contributed by atoms with Crippen LogP contribution in [0.1, 0.15) is 10.4 Å². The topological polar surface area (TPSA) is 454 Å². The van der Waals surface area contributed by atoms with Crippen molar-refractivity contribution in [3.63, 3.8) is 0 Å². The highest BCUT2D eigenvalue weighted by molar-refractivity contribution is 9.11. The standard InChI is InChI=1S/C26H14N4S2.C18H10N4O4S.C18H14N4S.C8H4O2S.C6H7BO2.C6Br2N4O4S.C6H2Br2N2S/c1-3-9-15(10-4-1)19-22-23(28-26-21(27-22)17-13-7-8-14-18(17)31-26)20(16-11-5-2-6-12-16)25-24(19)29-32-30-25;23-21(24)17-13(11-7-3-1-4-8-11)15-16(20-27-19-15)14(18(17)22(25)26)12-9-5-2-6-10-12;19-15-13(11-7-3-1-4-8-11)17-18(22-23-21-17)14(16(15)20)12-9-5-2-6-10-12;9-7-5-3-1-2-4-6(5)11-8(7)10;8-7(9)6-4-2-1-3-5-6;7-1-3-4(10-17-9-3)2(8)6(12(15)16)5(1)11(13)14;7-3-1-2-4(8)6-5(3)9-11-10-6/h1-14H;1-10H;1-10H,19-20H2;1-4H;1-5,8-9H;;1-2H. The predicted molar refractivity (Wildman–Crippen MR) is 530 cm³/mol. The zero-order valence-electron chi connectivity index (χ0n) is 65.7. The Labute approximate surface area is 795 Å². The zero-order chi connectivity index (χ0) is 91.0. The van der Waals surface area contributed by atoms with Gasteiger partial charge in [-0.3, -0.25) is 50.0 Å². The first-order valence-electron chi connectivity index (χ1n) is 37.9. The Balaban J connectivity index is 0.000000116. The van der Waals surface area contributed by atoms with Crippen LogP contribution in [0.5, 0.6) is 0 Å². The number of carbonyl (C=O) groups excluding carboxylic acids is 2. The van der Waals surface area contributed by atoms with E-state index in [1.54, 1.807) is 114 Å². The van der Waals surface area contributed by atoms with Crippen LogP contribution < -0.4 is 16.9 Å². The molecule has 22 rings (SSSR count). The number of rotatable bonds is 11. The van der Waals surface area contributed by atoms with Crippen LogP contribution in [0.25, 0.3) is 153 Å². The van der Waals surface area contributed by atoms with Crippen LogP contribution in [0.15, 0.2) is 296 Å². The number of nitrogen functional groups attached to an aromatic ring is 2. The number of nitrogens with two attached hydrogens (primary N) is 2. The van der Waals surface area contributed by atoms with Crippen LogP contribution in [0.3, 0.4) is 0 Å². The minimum atomic E-state index is -1.34. The van der Waals surface area contributed by atoms with Gasteiger partial charge in [-0.25, -0.2) is 9.97 Å². The lowest BCUT2D eigenvalue weighted by atomic mass is 9.81. The van der Waals surface area contributed by atoms with Crippen molar-refractivity contribution < 1.29 is 39.3 Å². The second-order valence-corrected chi connectivity index (χ2v) is 35.3. The monoisotopic (exact) mass is 2100 g/mol. The number of nitro benzene ring substituents is 4. The first-order chi connectivity index (χ1) is 63.1. The average molecular weight is 2110 g/mol. The molecular formula is C88H51BBr4N18O12S7. The lowest BCUT2D eigenvalue weighted by Gasteiger charge is -2.14. The average Bonchev–Trinajstić information content (AvgIpc) is 1.12.